The van der Waals surface area contributed by atoms with Gasteiger partial charge in [0.1, 0.15) is 5.69 Å². The van der Waals surface area contributed by atoms with Crippen molar-refractivity contribution in [3.05, 3.63) is 39.1 Å². The van der Waals surface area contributed by atoms with Crippen molar-refractivity contribution in [1.82, 2.24) is 5.16 Å². The van der Waals surface area contributed by atoms with E-state index in [1.807, 2.05) is 24.3 Å². The number of rotatable bonds is 1. The third-order valence-corrected chi connectivity index (χ3v) is 2.32. The van der Waals surface area contributed by atoms with Gasteiger partial charge in [0.15, 0.2) is 5.76 Å². The Balaban J connectivity index is 2.60. The van der Waals surface area contributed by atoms with E-state index < -0.39 is 5.56 Å². The first-order chi connectivity index (χ1) is 6.68. The van der Waals surface area contributed by atoms with E-state index in [1.54, 1.807) is 0 Å². The van der Waals surface area contributed by atoms with Gasteiger partial charge >= 0.3 is 5.56 Å². The molecule has 5 heteroatoms. The summed E-state index contributed by atoms with van der Waals surface area (Å²) in [6.07, 6.45) is 0. The molecule has 2 rings (SSSR count). The Morgan fingerprint density at radius 2 is 2.21 bits per heavy atom. The Morgan fingerprint density at radius 3 is 2.79 bits per heavy atom. The van der Waals surface area contributed by atoms with E-state index in [2.05, 4.69) is 21.1 Å². The number of hydrogen-bond donors (Lipinski definition) is 2. The Bertz CT molecular complexity index is 516. The smallest absolute Gasteiger partial charge is 0.303 e. The van der Waals surface area contributed by atoms with Crippen LogP contribution in [0.4, 0.5) is 5.69 Å². The zero-order valence-electron chi connectivity index (χ0n) is 7.08. The summed E-state index contributed by atoms with van der Waals surface area (Å²) in [5, 5.41) is 2.18. The number of anilines is 1. The summed E-state index contributed by atoms with van der Waals surface area (Å²) < 4.78 is 5.85. The summed E-state index contributed by atoms with van der Waals surface area (Å²) in [5.74, 6) is 0.372. The zero-order valence-corrected chi connectivity index (χ0v) is 8.67. The van der Waals surface area contributed by atoms with Crippen molar-refractivity contribution in [3.63, 3.8) is 0 Å². The predicted molar refractivity (Wildman–Crippen MR) is 56.9 cm³/mol. The van der Waals surface area contributed by atoms with Gasteiger partial charge in [-0.25, -0.2) is 0 Å². The van der Waals surface area contributed by atoms with Gasteiger partial charge in [0.05, 0.1) is 0 Å². The van der Waals surface area contributed by atoms with E-state index in [9.17, 15) is 4.79 Å². The molecule has 1 heterocycles. The highest BCUT2D eigenvalue weighted by molar-refractivity contribution is 9.10. The third kappa shape index (κ3) is 1.46. The molecule has 0 aliphatic rings. The molecule has 4 nitrogen and oxygen atoms in total. The molecule has 0 saturated carbocycles. The van der Waals surface area contributed by atoms with Crippen LogP contribution >= 0.6 is 15.9 Å². The second-order valence-electron chi connectivity index (χ2n) is 2.79. The average Bonchev–Trinajstić information content (AvgIpc) is 2.48. The number of aromatic amines is 1. The minimum absolute atomic E-state index is 0.100. The van der Waals surface area contributed by atoms with Gasteiger partial charge in [-0.15, -0.1) is 0 Å². The number of benzene rings is 1. The Morgan fingerprint density at radius 1 is 1.43 bits per heavy atom. The van der Waals surface area contributed by atoms with E-state index in [0.29, 0.717) is 5.76 Å². The van der Waals surface area contributed by atoms with Crippen molar-refractivity contribution in [2.75, 3.05) is 5.73 Å². The van der Waals surface area contributed by atoms with Gasteiger partial charge in [0.2, 0.25) is 0 Å². The second kappa shape index (κ2) is 3.34. The van der Waals surface area contributed by atoms with Gasteiger partial charge in [0, 0.05) is 10.0 Å². The molecule has 0 fully saturated rings. The lowest BCUT2D eigenvalue weighted by atomic mass is 10.1. The van der Waals surface area contributed by atoms with Crippen LogP contribution in [0.3, 0.4) is 0 Å². The lowest BCUT2D eigenvalue weighted by Crippen LogP contribution is -2.04. The number of aromatic nitrogens is 1. The van der Waals surface area contributed by atoms with Gasteiger partial charge in [0.25, 0.3) is 0 Å². The van der Waals surface area contributed by atoms with Gasteiger partial charge < -0.3 is 10.3 Å². The summed E-state index contributed by atoms with van der Waals surface area (Å²) in [5.41, 5.74) is 5.99. The molecular formula is C9H7BrN2O2. The monoisotopic (exact) mass is 254 g/mol. The average molecular weight is 255 g/mol. The van der Waals surface area contributed by atoms with Crippen LogP contribution in [0, 0.1) is 0 Å². The van der Waals surface area contributed by atoms with Crippen molar-refractivity contribution in [1.29, 1.82) is 0 Å². The van der Waals surface area contributed by atoms with E-state index >= 15 is 0 Å². The molecule has 0 aliphatic carbocycles. The summed E-state index contributed by atoms with van der Waals surface area (Å²) in [7, 11) is 0. The van der Waals surface area contributed by atoms with Gasteiger partial charge in [-0.05, 0) is 12.1 Å². The molecule has 1 aromatic carbocycles. The number of halogens is 1. The predicted octanol–water partition coefficient (Wildman–Crippen LogP) is 1.98. The fourth-order valence-electron chi connectivity index (χ4n) is 1.15. The van der Waals surface area contributed by atoms with Crippen LogP contribution in [0.15, 0.2) is 38.1 Å². The maximum absolute atomic E-state index is 11.0. The lowest BCUT2D eigenvalue weighted by Gasteiger charge is -1.96. The molecule has 0 saturated heterocycles. The quantitative estimate of drug-likeness (QED) is 0.818. The van der Waals surface area contributed by atoms with E-state index in [4.69, 9.17) is 10.3 Å². The molecule has 0 unspecified atom stereocenters. The van der Waals surface area contributed by atoms with Gasteiger partial charge in [-0.3, -0.25) is 4.79 Å². The third-order valence-electron chi connectivity index (χ3n) is 1.82. The number of H-pyrrole nitrogens is 1. The van der Waals surface area contributed by atoms with Crippen LogP contribution in [-0.4, -0.2) is 5.16 Å². The highest BCUT2D eigenvalue weighted by atomic mass is 79.9. The van der Waals surface area contributed by atoms with Crippen LogP contribution < -0.4 is 11.3 Å². The SMILES string of the molecule is Nc1c(-c2cccc(Br)c2)o[nH]c1=O. The number of hydrogen-bond acceptors (Lipinski definition) is 3. The Hall–Kier alpha value is -1.49. The van der Waals surface area contributed by atoms with Crippen molar-refractivity contribution >= 4 is 21.6 Å². The largest absolute Gasteiger partial charge is 0.391 e. The minimum atomic E-state index is -0.403. The first kappa shape index (κ1) is 9.08. The molecule has 0 amide bonds. The number of nitrogen functional groups attached to an aromatic ring is 1. The van der Waals surface area contributed by atoms with Crippen molar-refractivity contribution in [2.24, 2.45) is 0 Å². The molecule has 3 N–H and O–H groups in total. The summed E-state index contributed by atoms with van der Waals surface area (Å²) in [6.45, 7) is 0. The molecule has 0 bridgehead atoms. The first-order valence-corrected chi connectivity index (χ1v) is 4.70. The fourth-order valence-corrected chi connectivity index (χ4v) is 1.55. The molecule has 2 aromatic rings. The molecule has 0 radical (unpaired) electrons. The molecule has 0 atom stereocenters. The maximum atomic E-state index is 11.0. The fraction of sp³-hybridized carbons (Fsp3) is 0. The Kier molecular flexibility index (Phi) is 2.17. The number of nitrogens with one attached hydrogen (secondary N) is 1. The first-order valence-electron chi connectivity index (χ1n) is 3.91. The van der Waals surface area contributed by atoms with Crippen molar-refractivity contribution in [3.8, 4) is 11.3 Å². The summed E-state index contributed by atoms with van der Waals surface area (Å²) >= 11 is 3.32. The summed E-state index contributed by atoms with van der Waals surface area (Å²) in [4.78, 5) is 11.0. The van der Waals surface area contributed by atoms with Crippen LogP contribution in [0.1, 0.15) is 0 Å². The van der Waals surface area contributed by atoms with Crippen molar-refractivity contribution in [2.45, 2.75) is 0 Å². The zero-order chi connectivity index (χ0) is 10.1. The highest BCUT2D eigenvalue weighted by Gasteiger charge is 2.10. The van der Waals surface area contributed by atoms with E-state index in [0.717, 1.165) is 10.0 Å². The standard InChI is InChI=1S/C9H7BrN2O2/c10-6-3-1-2-5(4-6)8-7(11)9(13)12-14-8/h1-4H,11H2,(H,12,13). The molecular weight excluding hydrogens is 248 g/mol. The van der Waals surface area contributed by atoms with Crippen LogP contribution in [0.5, 0.6) is 0 Å². The topological polar surface area (TPSA) is 72.0 Å². The highest BCUT2D eigenvalue weighted by Crippen LogP contribution is 2.25. The molecule has 0 spiro atoms. The lowest BCUT2D eigenvalue weighted by molar-refractivity contribution is 0.426. The summed E-state index contributed by atoms with van der Waals surface area (Å²) in [6, 6.07) is 7.35. The molecule has 1 aromatic heterocycles. The normalized spacial score (nSPS) is 10.4. The van der Waals surface area contributed by atoms with Crippen LogP contribution in [-0.2, 0) is 0 Å². The van der Waals surface area contributed by atoms with Gasteiger partial charge in [-0.1, -0.05) is 28.1 Å². The van der Waals surface area contributed by atoms with Gasteiger partial charge in [-0.2, -0.15) is 5.16 Å². The number of nitrogens with two attached hydrogens (primary N) is 1. The van der Waals surface area contributed by atoms with Crippen molar-refractivity contribution < 1.29 is 4.52 Å². The maximum Gasteiger partial charge on any atom is 0.303 e. The van der Waals surface area contributed by atoms with E-state index in [-0.39, 0.29) is 5.69 Å². The molecule has 0 aliphatic heterocycles. The minimum Gasteiger partial charge on any atom is -0.391 e. The Labute approximate surface area is 87.8 Å². The van der Waals surface area contributed by atoms with Crippen LogP contribution in [0.2, 0.25) is 0 Å². The second-order valence-corrected chi connectivity index (χ2v) is 3.70. The van der Waals surface area contributed by atoms with E-state index in [1.165, 1.54) is 0 Å². The van der Waals surface area contributed by atoms with Crippen LogP contribution in [0.25, 0.3) is 11.3 Å². The molecule has 72 valence electrons. The molecule has 14 heavy (non-hydrogen) atoms.